The fourth-order valence-corrected chi connectivity index (χ4v) is 1.52. The highest BCUT2D eigenvalue weighted by atomic mass is 19.4. The van der Waals surface area contributed by atoms with Crippen molar-refractivity contribution >= 4 is 23.5 Å². The van der Waals surface area contributed by atoms with Crippen LogP contribution in [-0.2, 0) is 0 Å². The zero-order valence-corrected chi connectivity index (χ0v) is 9.55. The SMILES string of the molecule is OB(O)c1ccc2nc(OCC(F)(F)F)ccc2c1. The summed E-state index contributed by atoms with van der Waals surface area (Å²) < 4.78 is 40.5. The fourth-order valence-electron chi connectivity index (χ4n) is 1.52. The van der Waals surface area contributed by atoms with Gasteiger partial charge in [-0.25, -0.2) is 4.98 Å². The quantitative estimate of drug-likeness (QED) is 0.812. The number of rotatable bonds is 3. The first-order valence-corrected chi connectivity index (χ1v) is 5.31. The molecule has 0 aliphatic heterocycles. The zero-order valence-electron chi connectivity index (χ0n) is 9.55. The maximum atomic E-state index is 12.0. The lowest BCUT2D eigenvalue weighted by Crippen LogP contribution is -2.29. The van der Waals surface area contributed by atoms with Gasteiger partial charge in [0.2, 0.25) is 5.88 Å². The Hall–Kier alpha value is -1.80. The molecule has 4 nitrogen and oxygen atoms in total. The first kappa shape index (κ1) is 13.6. The number of aromatic nitrogens is 1. The van der Waals surface area contributed by atoms with Crippen molar-refractivity contribution in [1.82, 2.24) is 4.98 Å². The van der Waals surface area contributed by atoms with Gasteiger partial charge >= 0.3 is 13.3 Å². The predicted octanol–water partition coefficient (Wildman–Crippen LogP) is 0.856. The van der Waals surface area contributed by atoms with E-state index in [0.29, 0.717) is 10.9 Å². The highest BCUT2D eigenvalue weighted by Gasteiger charge is 2.28. The molecule has 0 saturated heterocycles. The van der Waals surface area contributed by atoms with Crippen LogP contribution in [0, 0.1) is 0 Å². The molecule has 2 aromatic rings. The van der Waals surface area contributed by atoms with Gasteiger partial charge in [0.05, 0.1) is 5.52 Å². The average Bonchev–Trinajstić information content (AvgIpc) is 2.34. The molecule has 2 rings (SSSR count). The normalized spacial score (nSPS) is 11.6. The van der Waals surface area contributed by atoms with E-state index in [1.165, 1.54) is 30.3 Å². The molecule has 100 valence electrons. The van der Waals surface area contributed by atoms with Crippen molar-refractivity contribution in [1.29, 1.82) is 0 Å². The van der Waals surface area contributed by atoms with Crippen LogP contribution in [0.2, 0.25) is 0 Å². The molecule has 0 spiro atoms. The fraction of sp³-hybridized carbons (Fsp3) is 0.182. The third kappa shape index (κ3) is 3.58. The van der Waals surface area contributed by atoms with Crippen molar-refractivity contribution in [2.45, 2.75) is 6.18 Å². The number of ether oxygens (including phenoxy) is 1. The number of fused-ring (bicyclic) bond motifs is 1. The molecule has 0 fully saturated rings. The van der Waals surface area contributed by atoms with E-state index in [2.05, 4.69) is 9.72 Å². The van der Waals surface area contributed by atoms with Crippen LogP contribution in [0.1, 0.15) is 0 Å². The molecule has 19 heavy (non-hydrogen) atoms. The summed E-state index contributed by atoms with van der Waals surface area (Å²) >= 11 is 0. The first-order chi connectivity index (χ1) is 8.85. The Bertz CT molecular complexity index is 589. The van der Waals surface area contributed by atoms with E-state index in [1.807, 2.05) is 0 Å². The van der Waals surface area contributed by atoms with E-state index in [4.69, 9.17) is 10.0 Å². The predicted molar refractivity (Wildman–Crippen MR) is 63.1 cm³/mol. The molecule has 2 N–H and O–H groups in total. The number of pyridine rings is 1. The van der Waals surface area contributed by atoms with E-state index in [0.717, 1.165) is 0 Å². The molecule has 0 unspecified atom stereocenters. The maximum absolute atomic E-state index is 12.0. The molecular formula is C11H9BF3NO3. The maximum Gasteiger partial charge on any atom is 0.488 e. The highest BCUT2D eigenvalue weighted by molar-refractivity contribution is 6.58. The van der Waals surface area contributed by atoms with Crippen molar-refractivity contribution in [2.75, 3.05) is 6.61 Å². The summed E-state index contributed by atoms with van der Waals surface area (Å²) in [6.07, 6.45) is -4.42. The molecule has 0 aliphatic carbocycles. The second-order valence-electron chi connectivity index (χ2n) is 3.88. The number of hydrogen-bond acceptors (Lipinski definition) is 4. The Morgan fingerprint density at radius 3 is 2.53 bits per heavy atom. The van der Waals surface area contributed by atoms with Gasteiger partial charge in [-0.05, 0) is 17.6 Å². The van der Waals surface area contributed by atoms with E-state index in [1.54, 1.807) is 0 Å². The van der Waals surface area contributed by atoms with Gasteiger partial charge in [0.15, 0.2) is 6.61 Å². The standard InChI is InChI=1S/C11H9BF3NO3/c13-11(14,15)6-19-10-4-1-7-5-8(12(17)18)2-3-9(7)16-10/h1-5,17-18H,6H2. The number of halogens is 3. The largest absolute Gasteiger partial charge is 0.488 e. The lowest BCUT2D eigenvalue weighted by molar-refractivity contribution is -0.154. The molecule has 0 amide bonds. The van der Waals surface area contributed by atoms with E-state index in [-0.39, 0.29) is 11.3 Å². The minimum atomic E-state index is -4.42. The Labute approximate surface area is 106 Å². The molecule has 0 saturated carbocycles. The van der Waals surface area contributed by atoms with Gasteiger partial charge in [-0.15, -0.1) is 0 Å². The van der Waals surface area contributed by atoms with E-state index in [9.17, 15) is 13.2 Å². The van der Waals surface area contributed by atoms with Crippen LogP contribution in [0.25, 0.3) is 10.9 Å². The van der Waals surface area contributed by atoms with Crippen LogP contribution in [0.15, 0.2) is 30.3 Å². The molecule has 0 bridgehead atoms. The van der Waals surface area contributed by atoms with Gasteiger partial charge in [-0.2, -0.15) is 13.2 Å². The van der Waals surface area contributed by atoms with Gasteiger partial charge in [0.25, 0.3) is 0 Å². The summed E-state index contributed by atoms with van der Waals surface area (Å²) in [5.41, 5.74) is 0.683. The molecule has 1 heterocycles. The topological polar surface area (TPSA) is 62.6 Å². The number of alkyl halides is 3. The van der Waals surface area contributed by atoms with Crippen LogP contribution in [-0.4, -0.2) is 34.9 Å². The molecule has 1 aromatic heterocycles. The molecular weight excluding hydrogens is 262 g/mol. The third-order valence-electron chi connectivity index (χ3n) is 2.37. The summed E-state index contributed by atoms with van der Waals surface area (Å²) in [6.45, 7) is -1.40. The number of nitrogens with zero attached hydrogens (tertiary/aromatic N) is 1. The third-order valence-corrected chi connectivity index (χ3v) is 2.37. The minimum Gasteiger partial charge on any atom is -0.468 e. The van der Waals surface area contributed by atoms with Crippen LogP contribution < -0.4 is 10.2 Å². The van der Waals surface area contributed by atoms with Gasteiger partial charge < -0.3 is 14.8 Å². The Morgan fingerprint density at radius 2 is 1.89 bits per heavy atom. The lowest BCUT2D eigenvalue weighted by Gasteiger charge is -2.09. The lowest BCUT2D eigenvalue weighted by atomic mass is 9.80. The summed E-state index contributed by atoms with van der Waals surface area (Å²) in [7, 11) is -1.61. The van der Waals surface area contributed by atoms with Crippen molar-refractivity contribution < 1.29 is 28.0 Å². The summed E-state index contributed by atoms with van der Waals surface area (Å²) in [6, 6.07) is 7.18. The molecule has 0 aliphatic rings. The highest BCUT2D eigenvalue weighted by Crippen LogP contribution is 2.19. The average molecular weight is 271 g/mol. The summed E-state index contributed by atoms with van der Waals surface area (Å²) in [4.78, 5) is 3.89. The molecule has 1 aromatic carbocycles. The van der Waals surface area contributed by atoms with Gasteiger partial charge in [0, 0.05) is 11.5 Å². The Balaban J connectivity index is 2.24. The first-order valence-electron chi connectivity index (χ1n) is 5.31. The van der Waals surface area contributed by atoms with E-state index >= 15 is 0 Å². The second kappa shape index (κ2) is 5.06. The van der Waals surface area contributed by atoms with Gasteiger partial charge in [-0.3, -0.25) is 0 Å². The van der Waals surface area contributed by atoms with Crippen LogP contribution in [0.4, 0.5) is 13.2 Å². The molecule has 8 heteroatoms. The van der Waals surface area contributed by atoms with Gasteiger partial charge in [0.1, 0.15) is 0 Å². The van der Waals surface area contributed by atoms with Crippen molar-refractivity contribution in [2.24, 2.45) is 0 Å². The van der Waals surface area contributed by atoms with Gasteiger partial charge in [-0.1, -0.05) is 12.1 Å². The summed E-state index contributed by atoms with van der Waals surface area (Å²) in [5.74, 6) is -0.137. The second-order valence-corrected chi connectivity index (χ2v) is 3.88. The molecule has 0 atom stereocenters. The Morgan fingerprint density at radius 1 is 1.16 bits per heavy atom. The van der Waals surface area contributed by atoms with Crippen LogP contribution >= 0.6 is 0 Å². The number of hydrogen-bond donors (Lipinski definition) is 2. The van der Waals surface area contributed by atoms with E-state index < -0.39 is 19.9 Å². The van der Waals surface area contributed by atoms with Crippen molar-refractivity contribution in [3.05, 3.63) is 30.3 Å². The number of benzene rings is 1. The molecule has 0 radical (unpaired) electrons. The summed E-state index contributed by atoms with van der Waals surface area (Å²) in [5, 5.41) is 18.6. The van der Waals surface area contributed by atoms with Crippen molar-refractivity contribution in [3.63, 3.8) is 0 Å². The Kier molecular flexibility index (Phi) is 3.63. The smallest absolute Gasteiger partial charge is 0.468 e. The van der Waals surface area contributed by atoms with Crippen LogP contribution in [0.5, 0.6) is 5.88 Å². The monoisotopic (exact) mass is 271 g/mol. The van der Waals surface area contributed by atoms with Crippen molar-refractivity contribution in [3.8, 4) is 5.88 Å². The van der Waals surface area contributed by atoms with Crippen LogP contribution in [0.3, 0.4) is 0 Å². The minimum absolute atomic E-state index is 0.137. The zero-order chi connectivity index (χ0) is 14.0.